The van der Waals surface area contributed by atoms with Crippen LogP contribution in [0.5, 0.6) is 0 Å². The van der Waals surface area contributed by atoms with E-state index in [4.69, 9.17) is 5.11 Å². The van der Waals surface area contributed by atoms with Gasteiger partial charge in [0.25, 0.3) is 5.91 Å². The van der Waals surface area contributed by atoms with E-state index in [1.165, 1.54) is 0 Å². The zero-order chi connectivity index (χ0) is 13.5. The molecule has 0 saturated carbocycles. The number of aryl methyl sites for hydroxylation is 1. The fraction of sp³-hybridized carbons (Fsp3) is 0.385. The van der Waals surface area contributed by atoms with E-state index in [0.717, 1.165) is 5.56 Å². The predicted molar refractivity (Wildman–Crippen MR) is 73.1 cm³/mol. The minimum Gasteiger partial charge on any atom is -0.480 e. The molecule has 0 fully saturated rings. The molecule has 0 aliphatic heterocycles. The molecule has 0 unspecified atom stereocenters. The van der Waals surface area contributed by atoms with E-state index in [2.05, 4.69) is 5.32 Å². The third kappa shape index (κ3) is 4.41. The number of hydrogen-bond acceptors (Lipinski definition) is 3. The van der Waals surface area contributed by atoms with Crippen molar-refractivity contribution in [3.8, 4) is 0 Å². The van der Waals surface area contributed by atoms with Gasteiger partial charge < -0.3 is 10.4 Å². The number of rotatable bonds is 6. The van der Waals surface area contributed by atoms with E-state index in [-0.39, 0.29) is 5.91 Å². The first-order valence-electron chi connectivity index (χ1n) is 5.64. The summed E-state index contributed by atoms with van der Waals surface area (Å²) in [5.41, 5.74) is 1.46. The van der Waals surface area contributed by atoms with Crippen LogP contribution in [-0.2, 0) is 4.79 Å². The lowest BCUT2D eigenvalue weighted by atomic mass is 10.1. The van der Waals surface area contributed by atoms with Crippen molar-refractivity contribution in [3.63, 3.8) is 0 Å². The van der Waals surface area contributed by atoms with Crippen molar-refractivity contribution in [2.75, 3.05) is 12.0 Å². The molecule has 18 heavy (non-hydrogen) atoms. The second-order valence-corrected chi connectivity index (χ2v) is 5.00. The van der Waals surface area contributed by atoms with Crippen LogP contribution in [0.15, 0.2) is 24.3 Å². The van der Waals surface area contributed by atoms with Gasteiger partial charge >= 0.3 is 5.97 Å². The minimum atomic E-state index is -0.995. The van der Waals surface area contributed by atoms with Crippen LogP contribution < -0.4 is 5.32 Å². The quantitative estimate of drug-likeness (QED) is 0.826. The summed E-state index contributed by atoms with van der Waals surface area (Å²) in [6.45, 7) is 1.89. The Morgan fingerprint density at radius 2 is 2.17 bits per heavy atom. The molecule has 1 amide bonds. The van der Waals surface area contributed by atoms with Gasteiger partial charge in [-0.3, -0.25) is 4.79 Å². The lowest BCUT2D eigenvalue weighted by Gasteiger charge is -2.14. The Bertz CT molecular complexity index is 434. The summed E-state index contributed by atoms with van der Waals surface area (Å²) in [5.74, 6) is -0.636. The van der Waals surface area contributed by atoms with Crippen LogP contribution in [0.1, 0.15) is 22.3 Å². The summed E-state index contributed by atoms with van der Waals surface area (Å²) >= 11 is 1.56. The van der Waals surface area contributed by atoms with Gasteiger partial charge in [-0.25, -0.2) is 4.79 Å². The van der Waals surface area contributed by atoms with Crippen LogP contribution in [0, 0.1) is 6.92 Å². The predicted octanol–water partition coefficient (Wildman–Crippen LogP) is 1.93. The zero-order valence-corrected chi connectivity index (χ0v) is 11.3. The Morgan fingerprint density at radius 3 is 2.72 bits per heavy atom. The van der Waals surface area contributed by atoms with Crippen LogP contribution >= 0.6 is 11.8 Å². The second kappa shape index (κ2) is 7.06. The number of carbonyl (C=O) groups is 2. The molecule has 1 atom stereocenters. The lowest BCUT2D eigenvalue weighted by Crippen LogP contribution is -2.41. The number of nitrogens with one attached hydrogen (secondary N) is 1. The van der Waals surface area contributed by atoms with E-state index in [0.29, 0.717) is 17.7 Å². The van der Waals surface area contributed by atoms with Gasteiger partial charge in [0.1, 0.15) is 6.04 Å². The Hall–Kier alpha value is -1.49. The van der Waals surface area contributed by atoms with E-state index < -0.39 is 12.0 Å². The highest BCUT2D eigenvalue weighted by atomic mass is 32.2. The van der Waals surface area contributed by atoms with Crippen molar-refractivity contribution in [3.05, 3.63) is 35.4 Å². The molecule has 0 spiro atoms. The van der Waals surface area contributed by atoms with Crippen molar-refractivity contribution in [2.24, 2.45) is 0 Å². The Labute approximate surface area is 111 Å². The summed E-state index contributed by atoms with van der Waals surface area (Å²) in [6.07, 6.45) is 2.33. The molecule has 0 bridgehead atoms. The molecule has 98 valence electrons. The minimum absolute atomic E-state index is 0.341. The SMILES string of the molecule is CSCC[C@@H](NC(=O)c1cccc(C)c1)C(=O)O. The Balaban J connectivity index is 2.69. The van der Waals surface area contributed by atoms with Gasteiger partial charge in [0.05, 0.1) is 0 Å². The molecule has 0 heterocycles. The second-order valence-electron chi connectivity index (χ2n) is 4.02. The Kier molecular flexibility index (Phi) is 5.71. The molecule has 0 radical (unpaired) electrons. The summed E-state index contributed by atoms with van der Waals surface area (Å²) in [7, 11) is 0. The lowest BCUT2D eigenvalue weighted by molar-refractivity contribution is -0.139. The standard InChI is InChI=1S/C13H17NO3S/c1-9-4-3-5-10(8-9)12(15)14-11(13(16)17)6-7-18-2/h3-5,8,11H,6-7H2,1-2H3,(H,14,15)(H,16,17)/t11-/m1/s1. The molecule has 1 aromatic rings. The molecule has 0 aliphatic carbocycles. The first-order valence-corrected chi connectivity index (χ1v) is 7.03. The molecular weight excluding hydrogens is 250 g/mol. The van der Waals surface area contributed by atoms with Gasteiger partial charge in [0, 0.05) is 5.56 Å². The molecule has 4 nitrogen and oxygen atoms in total. The molecule has 5 heteroatoms. The number of carboxylic acid groups (broad SMARTS) is 1. The van der Waals surface area contributed by atoms with Crippen LogP contribution in [0.25, 0.3) is 0 Å². The number of carbonyl (C=O) groups excluding carboxylic acids is 1. The third-order valence-corrected chi connectivity index (χ3v) is 3.14. The van der Waals surface area contributed by atoms with Gasteiger partial charge in [-0.1, -0.05) is 17.7 Å². The molecular formula is C13H17NO3S. The number of benzene rings is 1. The first-order chi connectivity index (χ1) is 8.54. The highest BCUT2D eigenvalue weighted by Crippen LogP contribution is 2.06. The normalized spacial score (nSPS) is 11.9. The molecule has 0 saturated heterocycles. The van der Waals surface area contributed by atoms with Crippen molar-refractivity contribution in [1.82, 2.24) is 5.32 Å². The van der Waals surface area contributed by atoms with Crippen molar-refractivity contribution >= 4 is 23.6 Å². The van der Waals surface area contributed by atoms with Crippen molar-refractivity contribution in [2.45, 2.75) is 19.4 Å². The van der Waals surface area contributed by atoms with Crippen molar-refractivity contribution < 1.29 is 14.7 Å². The largest absolute Gasteiger partial charge is 0.480 e. The number of carboxylic acids is 1. The average molecular weight is 267 g/mol. The molecule has 1 aromatic carbocycles. The molecule has 1 rings (SSSR count). The maximum absolute atomic E-state index is 11.9. The van der Waals surface area contributed by atoms with Gasteiger partial charge in [0.2, 0.25) is 0 Å². The molecule has 0 aliphatic rings. The summed E-state index contributed by atoms with van der Waals surface area (Å²) in [5, 5.41) is 11.6. The van der Waals surface area contributed by atoms with Crippen LogP contribution in [0.2, 0.25) is 0 Å². The smallest absolute Gasteiger partial charge is 0.326 e. The fourth-order valence-electron chi connectivity index (χ4n) is 1.52. The molecule has 2 N–H and O–H groups in total. The highest BCUT2D eigenvalue weighted by Gasteiger charge is 2.19. The van der Waals surface area contributed by atoms with Gasteiger partial charge in [0.15, 0.2) is 0 Å². The highest BCUT2D eigenvalue weighted by molar-refractivity contribution is 7.98. The van der Waals surface area contributed by atoms with Gasteiger partial charge in [-0.05, 0) is 37.5 Å². The van der Waals surface area contributed by atoms with Gasteiger partial charge in [-0.2, -0.15) is 11.8 Å². The fourth-order valence-corrected chi connectivity index (χ4v) is 1.99. The monoisotopic (exact) mass is 267 g/mol. The molecule has 0 aromatic heterocycles. The average Bonchev–Trinajstić information content (AvgIpc) is 2.33. The summed E-state index contributed by atoms with van der Waals surface area (Å²) in [6, 6.07) is 6.25. The van der Waals surface area contributed by atoms with E-state index >= 15 is 0 Å². The third-order valence-electron chi connectivity index (χ3n) is 2.49. The van der Waals surface area contributed by atoms with Crippen LogP contribution in [-0.4, -0.2) is 35.0 Å². The summed E-state index contributed by atoms with van der Waals surface area (Å²) in [4.78, 5) is 22.9. The summed E-state index contributed by atoms with van der Waals surface area (Å²) < 4.78 is 0. The Morgan fingerprint density at radius 1 is 1.44 bits per heavy atom. The zero-order valence-electron chi connectivity index (χ0n) is 10.5. The van der Waals surface area contributed by atoms with E-state index in [1.807, 2.05) is 19.2 Å². The van der Waals surface area contributed by atoms with Gasteiger partial charge in [-0.15, -0.1) is 0 Å². The van der Waals surface area contributed by atoms with E-state index in [1.54, 1.807) is 30.0 Å². The number of hydrogen-bond donors (Lipinski definition) is 2. The van der Waals surface area contributed by atoms with Crippen LogP contribution in [0.3, 0.4) is 0 Å². The number of thioether (sulfide) groups is 1. The maximum atomic E-state index is 11.9. The van der Waals surface area contributed by atoms with Crippen LogP contribution in [0.4, 0.5) is 0 Å². The first kappa shape index (κ1) is 14.6. The number of amides is 1. The number of aliphatic carboxylic acids is 1. The van der Waals surface area contributed by atoms with E-state index in [9.17, 15) is 9.59 Å². The van der Waals surface area contributed by atoms with Crippen molar-refractivity contribution in [1.29, 1.82) is 0 Å². The maximum Gasteiger partial charge on any atom is 0.326 e. The topological polar surface area (TPSA) is 66.4 Å².